The number of imide groups is 1. The summed E-state index contributed by atoms with van der Waals surface area (Å²) in [7, 11) is 0. The number of hydrogen-bond acceptors (Lipinski definition) is 5. The Kier molecular flexibility index (Phi) is 6.53. The molecule has 1 fully saturated rings. The molecular weight excluding hydrogens is 474 g/mol. The molecule has 5 rings (SSSR count). The van der Waals surface area contributed by atoms with Crippen molar-refractivity contribution in [3.8, 4) is 0 Å². The first-order valence-corrected chi connectivity index (χ1v) is 13.0. The molecule has 0 radical (unpaired) electrons. The number of nitrogens with one attached hydrogen (secondary N) is 1. The van der Waals surface area contributed by atoms with E-state index < -0.39 is 0 Å². The molecule has 0 bridgehead atoms. The standard InChI is InChI=1S/C25H22ClN3O2S2/c26-18-8-5-7-17(15-18)24-29(23(30)16-32-24)25(31)27-13-6-14-28-19-9-1-3-11-21(19)33-22-12-4-2-10-20(22)28/h1-5,7-12,15,24H,6,13-14,16H2,(H,27,31). The monoisotopic (exact) mass is 495 g/mol. The van der Waals surface area contributed by atoms with Crippen LogP contribution in [0.15, 0.2) is 82.6 Å². The quantitative estimate of drug-likeness (QED) is 0.420. The lowest BCUT2D eigenvalue weighted by Gasteiger charge is -2.32. The second kappa shape index (κ2) is 9.71. The largest absolute Gasteiger partial charge is 0.340 e. The molecule has 1 atom stereocenters. The fourth-order valence-electron chi connectivity index (χ4n) is 4.09. The molecule has 2 aliphatic heterocycles. The Morgan fingerprint density at radius 3 is 2.39 bits per heavy atom. The zero-order chi connectivity index (χ0) is 22.8. The number of urea groups is 1. The molecule has 33 heavy (non-hydrogen) atoms. The minimum atomic E-state index is -0.357. The van der Waals surface area contributed by atoms with Crippen molar-refractivity contribution in [1.82, 2.24) is 10.2 Å². The molecule has 8 heteroatoms. The van der Waals surface area contributed by atoms with Crippen LogP contribution < -0.4 is 10.2 Å². The number of carbonyl (C=O) groups excluding carboxylic acids is 2. The van der Waals surface area contributed by atoms with Gasteiger partial charge in [-0.15, -0.1) is 11.8 Å². The Balaban J connectivity index is 1.24. The number of nitrogens with zero attached hydrogens (tertiary/aromatic N) is 2. The predicted molar refractivity (Wildman–Crippen MR) is 136 cm³/mol. The molecule has 3 amide bonds. The molecule has 0 saturated carbocycles. The lowest BCUT2D eigenvalue weighted by atomic mass is 10.2. The summed E-state index contributed by atoms with van der Waals surface area (Å²) in [5.74, 6) is 0.0993. The van der Waals surface area contributed by atoms with Crippen LogP contribution in [0, 0.1) is 0 Å². The molecule has 2 aliphatic rings. The number of thioether (sulfide) groups is 1. The average Bonchev–Trinajstić information content (AvgIpc) is 3.22. The van der Waals surface area contributed by atoms with Gasteiger partial charge in [0.1, 0.15) is 5.37 Å². The molecule has 0 aromatic heterocycles. The lowest BCUT2D eigenvalue weighted by molar-refractivity contribution is -0.125. The van der Waals surface area contributed by atoms with E-state index in [1.54, 1.807) is 23.9 Å². The summed E-state index contributed by atoms with van der Waals surface area (Å²) in [5, 5.41) is 3.18. The molecule has 1 N–H and O–H groups in total. The zero-order valence-corrected chi connectivity index (χ0v) is 20.1. The Hall–Kier alpha value is -2.61. The number of fused-ring (bicyclic) bond motifs is 2. The summed E-state index contributed by atoms with van der Waals surface area (Å²) >= 11 is 9.34. The van der Waals surface area contributed by atoms with Crippen LogP contribution in [0.1, 0.15) is 17.4 Å². The van der Waals surface area contributed by atoms with Gasteiger partial charge in [0.05, 0.1) is 17.1 Å². The van der Waals surface area contributed by atoms with E-state index in [2.05, 4.69) is 58.7 Å². The van der Waals surface area contributed by atoms with E-state index >= 15 is 0 Å². The van der Waals surface area contributed by atoms with E-state index in [1.807, 2.05) is 12.1 Å². The van der Waals surface area contributed by atoms with E-state index in [0.717, 1.165) is 18.5 Å². The summed E-state index contributed by atoms with van der Waals surface area (Å²) < 4.78 is 0. The smallest absolute Gasteiger partial charge is 0.325 e. The number of para-hydroxylation sites is 2. The number of amides is 3. The first kappa shape index (κ1) is 22.2. The Morgan fingerprint density at radius 2 is 1.70 bits per heavy atom. The van der Waals surface area contributed by atoms with Crippen molar-refractivity contribution in [3.63, 3.8) is 0 Å². The van der Waals surface area contributed by atoms with Gasteiger partial charge in [0.15, 0.2) is 0 Å². The summed E-state index contributed by atoms with van der Waals surface area (Å²) in [6.07, 6.45) is 0.746. The minimum Gasteiger partial charge on any atom is -0.340 e. The number of rotatable bonds is 5. The topological polar surface area (TPSA) is 52.7 Å². The van der Waals surface area contributed by atoms with Gasteiger partial charge in [-0.2, -0.15) is 0 Å². The van der Waals surface area contributed by atoms with Gasteiger partial charge in [-0.05, 0) is 48.4 Å². The fraction of sp³-hybridized carbons (Fsp3) is 0.200. The first-order chi connectivity index (χ1) is 16.1. The molecule has 1 saturated heterocycles. The van der Waals surface area contributed by atoms with E-state index in [1.165, 1.54) is 37.8 Å². The maximum Gasteiger partial charge on any atom is 0.325 e. The maximum absolute atomic E-state index is 12.9. The van der Waals surface area contributed by atoms with Crippen molar-refractivity contribution >= 4 is 58.4 Å². The van der Waals surface area contributed by atoms with Gasteiger partial charge in [-0.25, -0.2) is 9.69 Å². The van der Waals surface area contributed by atoms with Crippen molar-refractivity contribution in [2.75, 3.05) is 23.7 Å². The molecule has 0 spiro atoms. The van der Waals surface area contributed by atoms with Crippen LogP contribution in [-0.2, 0) is 4.79 Å². The Morgan fingerprint density at radius 1 is 1.00 bits per heavy atom. The molecular formula is C25H22ClN3O2S2. The van der Waals surface area contributed by atoms with Crippen LogP contribution in [0.4, 0.5) is 16.2 Å². The highest BCUT2D eigenvalue weighted by Crippen LogP contribution is 2.47. The normalized spacial score (nSPS) is 17.0. The maximum atomic E-state index is 12.9. The average molecular weight is 496 g/mol. The van der Waals surface area contributed by atoms with Gasteiger partial charge in [0, 0.05) is 27.9 Å². The van der Waals surface area contributed by atoms with Crippen molar-refractivity contribution < 1.29 is 9.59 Å². The van der Waals surface area contributed by atoms with Crippen LogP contribution >= 0.6 is 35.1 Å². The lowest BCUT2D eigenvalue weighted by Crippen LogP contribution is -2.43. The summed E-state index contributed by atoms with van der Waals surface area (Å²) in [6.45, 7) is 1.23. The predicted octanol–water partition coefficient (Wildman–Crippen LogP) is 6.32. The van der Waals surface area contributed by atoms with Crippen molar-refractivity contribution in [2.45, 2.75) is 21.6 Å². The van der Waals surface area contributed by atoms with Crippen molar-refractivity contribution in [2.24, 2.45) is 0 Å². The third-order valence-electron chi connectivity index (χ3n) is 5.59. The summed E-state index contributed by atoms with van der Waals surface area (Å²) in [4.78, 5) is 31.4. The zero-order valence-electron chi connectivity index (χ0n) is 17.7. The third-order valence-corrected chi connectivity index (χ3v) is 8.16. The van der Waals surface area contributed by atoms with Gasteiger partial charge in [-0.1, -0.05) is 59.8 Å². The molecule has 2 heterocycles. The van der Waals surface area contributed by atoms with E-state index in [9.17, 15) is 9.59 Å². The molecule has 1 unspecified atom stereocenters. The molecule has 3 aromatic carbocycles. The third kappa shape index (κ3) is 4.58. The number of benzene rings is 3. The molecule has 5 nitrogen and oxygen atoms in total. The SMILES string of the molecule is O=C1CSC(c2cccc(Cl)c2)N1C(=O)NCCCN1c2ccccc2Sc2ccccc21. The summed E-state index contributed by atoms with van der Waals surface area (Å²) in [5.41, 5.74) is 3.21. The number of halogens is 1. The highest BCUT2D eigenvalue weighted by Gasteiger charge is 2.37. The molecule has 0 aliphatic carbocycles. The van der Waals surface area contributed by atoms with Gasteiger partial charge in [-0.3, -0.25) is 4.79 Å². The van der Waals surface area contributed by atoms with Crippen LogP contribution in [0.25, 0.3) is 0 Å². The Bertz CT molecular complexity index is 1160. The van der Waals surface area contributed by atoms with E-state index in [4.69, 9.17) is 11.6 Å². The first-order valence-electron chi connectivity index (χ1n) is 10.7. The second-order valence-corrected chi connectivity index (χ2v) is 10.3. The van der Waals surface area contributed by atoms with Crippen LogP contribution in [0.2, 0.25) is 5.02 Å². The summed E-state index contributed by atoms with van der Waals surface area (Å²) in [6, 6.07) is 23.7. The van der Waals surface area contributed by atoms with Crippen LogP contribution in [-0.4, -0.2) is 35.7 Å². The molecule has 168 valence electrons. The number of hydrogen-bond donors (Lipinski definition) is 1. The van der Waals surface area contributed by atoms with E-state index in [0.29, 0.717) is 11.6 Å². The number of anilines is 2. The van der Waals surface area contributed by atoms with Gasteiger partial charge < -0.3 is 10.2 Å². The molecule has 3 aromatic rings. The van der Waals surface area contributed by atoms with Gasteiger partial charge >= 0.3 is 6.03 Å². The van der Waals surface area contributed by atoms with E-state index in [-0.39, 0.29) is 23.1 Å². The highest BCUT2D eigenvalue weighted by atomic mass is 35.5. The second-order valence-electron chi connectivity index (χ2n) is 7.76. The highest BCUT2D eigenvalue weighted by molar-refractivity contribution is 8.00. The van der Waals surface area contributed by atoms with Gasteiger partial charge in [0.25, 0.3) is 0 Å². The van der Waals surface area contributed by atoms with Crippen molar-refractivity contribution in [3.05, 3.63) is 83.4 Å². The number of carbonyl (C=O) groups is 2. The van der Waals surface area contributed by atoms with Crippen molar-refractivity contribution in [1.29, 1.82) is 0 Å². The minimum absolute atomic E-state index is 0.182. The fourth-order valence-corrected chi connectivity index (χ4v) is 6.53. The Labute approximate surface area is 206 Å². The van der Waals surface area contributed by atoms with Crippen LogP contribution in [0.3, 0.4) is 0 Å². The van der Waals surface area contributed by atoms with Gasteiger partial charge in [0.2, 0.25) is 5.91 Å². The van der Waals surface area contributed by atoms with Crippen LogP contribution in [0.5, 0.6) is 0 Å².